The Bertz CT molecular complexity index is 590. The summed E-state index contributed by atoms with van der Waals surface area (Å²) in [4.78, 5) is 12.2. The van der Waals surface area contributed by atoms with Gasteiger partial charge in [0.05, 0.1) is 0 Å². The second-order valence-corrected chi connectivity index (χ2v) is 7.65. The molecular weight excluding hydrogens is 361 g/mol. The number of nitrogens with one attached hydrogen (secondary N) is 1. The Morgan fingerprint density at radius 3 is 2.55 bits per heavy atom. The summed E-state index contributed by atoms with van der Waals surface area (Å²) in [6.07, 6.45) is -0.0000743. The van der Waals surface area contributed by atoms with Crippen LogP contribution in [-0.4, -0.2) is 33.4 Å². The van der Waals surface area contributed by atoms with Crippen LogP contribution in [0.1, 0.15) is 30.6 Å². The van der Waals surface area contributed by atoms with E-state index in [9.17, 15) is 22.4 Å². The van der Waals surface area contributed by atoms with Gasteiger partial charge < -0.3 is 0 Å². The Kier molecular flexibility index (Phi) is 6.07. The van der Waals surface area contributed by atoms with Crippen LogP contribution < -0.4 is 9.67 Å². The number of halogens is 4. The van der Waals surface area contributed by atoms with Crippen molar-refractivity contribution in [2.75, 3.05) is 0 Å². The molecule has 0 fully saturated rings. The van der Waals surface area contributed by atoms with Crippen LogP contribution in [0.2, 0.25) is 5.21 Å². The molecular formula is C15H15AsF4NO. The quantitative estimate of drug-likeness (QED) is 0.478. The number of amides is 1. The molecule has 0 aromatic heterocycles. The van der Waals surface area contributed by atoms with Gasteiger partial charge >= 0.3 is 133 Å². The van der Waals surface area contributed by atoms with Gasteiger partial charge in [-0.25, -0.2) is 0 Å². The number of hydrogen-bond acceptors (Lipinski definition) is 1. The van der Waals surface area contributed by atoms with Gasteiger partial charge in [0.1, 0.15) is 0 Å². The predicted molar refractivity (Wildman–Crippen MR) is 77.6 cm³/mol. The number of rotatable bonds is 5. The van der Waals surface area contributed by atoms with Crippen molar-refractivity contribution < 1.29 is 22.4 Å². The molecule has 0 saturated heterocycles. The first-order valence-corrected chi connectivity index (χ1v) is 8.65. The van der Waals surface area contributed by atoms with Crippen molar-refractivity contribution in [3.05, 3.63) is 29.6 Å². The van der Waals surface area contributed by atoms with Gasteiger partial charge in [-0.05, 0) is 0 Å². The molecule has 22 heavy (non-hydrogen) atoms. The third-order valence-corrected chi connectivity index (χ3v) is 5.24. The fraction of sp³-hybridized carbons (Fsp3) is 0.400. The first-order valence-electron chi connectivity index (χ1n) is 6.39. The molecule has 1 aromatic carbocycles. The van der Waals surface area contributed by atoms with Crippen molar-refractivity contribution in [2.24, 2.45) is 0 Å². The van der Waals surface area contributed by atoms with E-state index >= 15 is 0 Å². The molecule has 2 nitrogen and oxygen atoms in total. The molecule has 7 heteroatoms. The standard InChI is InChI=1S/C15H15AsF4NO/c1-4-14(2,3)21-13(22)10-6-5-7-11(17)12(10)16-9-8-15(18,19)20/h1,5-7H,8-9H2,2-3H3,(H,21,22). The molecule has 1 rings (SSSR count). The van der Waals surface area contributed by atoms with E-state index in [4.69, 9.17) is 6.42 Å². The molecule has 0 aliphatic rings. The summed E-state index contributed by atoms with van der Waals surface area (Å²) >= 11 is -1.11. The maximum absolute atomic E-state index is 13.9. The zero-order chi connectivity index (χ0) is 17.0. The van der Waals surface area contributed by atoms with Gasteiger partial charge in [-0.2, -0.15) is 0 Å². The maximum atomic E-state index is 13.9. The SMILES string of the molecule is C#CC(C)(C)NC(=O)c1cccc(F)c1[As]CCC(F)(F)F. The molecule has 1 radical (unpaired) electrons. The van der Waals surface area contributed by atoms with Crippen molar-refractivity contribution in [3.63, 3.8) is 0 Å². The summed E-state index contributed by atoms with van der Waals surface area (Å²) in [6.45, 7) is 3.20. The second-order valence-electron chi connectivity index (χ2n) is 5.11. The third-order valence-electron chi connectivity index (χ3n) is 2.68. The van der Waals surface area contributed by atoms with Gasteiger partial charge in [-0.1, -0.05) is 0 Å². The number of hydrogen-bond donors (Lipinski definition) is 1. The molecule has 0 unspecified atom stereocenters. The Labute approximate surface area is 133 Å². The van der Waals surface area contributed by atoms with E-state index in [0.717, 1.165) is 6.07 Å². The van der Waals surface area contributed by atoms with E-state index in [-0.39, 0.29) is 15.1 Å². The molecule has 0 saturated carbocycles. The molecule has 0 aliphatic heterocycles. The van der Waals surface area contributed by atoms with E-state index < -0.39 is 45.6 Å². The van der Waals surface area contributed by atoms with Crippen molar-refractivity contribution >= 4 is 26.0 Å². The van der Waals surface area contributed by atoms with E-state index in [1.807, 2.05) is 0 Å². The van der Waals surface area contributed by atoms with Crippen LogP contribution in [0.3, 0.4) is 0 Å². The Hall–Kier alpha value is -1.47. The molecule has 1 aromatic rings. The van der Waals surface area contributed by atoms with Crippen LogP contribution >= 0.6 is 0 Å². The van der Waals surface area contributed by atoms with Crippen molar-refractivity contribution in [1.29, 1.82) is 0 Å². The van der Waals surface area contributed by atoms with Crippen LogP contribution in [0.15, 0.2) is 18.2 Å². The molecule has 0 atom stereocenters. The summed E-state index contributed by atoms with van der Waals surface area (Å²) < 4.78 is 50.5. The van der Waals surface area contributed by atoms with Crippen molar-refractivity contribution in [3.8, 4) is 12.3 Å². The van der Waals surface area contributed by atoms with E-state index in [1.165, 1.54) is 12.1 Å². The average Bonchev–Trinajstić information content (AvgIpc) is 2.38. The van der Waals surface area contributed by atoms with E-state index in [1.54, 1.807) is 13.8 Å². The third kappa shape index (κ3) is 5.73. The van der Waals surface area contributed by atoms with E-state index in [0.29, 0.717) is 0 Å². The topological polar surface area (TPSA) is 29.1 Å². The summed E-state index contributed by atoms with van der Waals surface area (Å²) in [5.74, 6) is 1.13. The Morgan fingerprint density at radius 1 is 1.36 bits per heavy atom. The van der Waals surface area contributed by atoms with Gasteiger partial charge in [0.25, 0.3) is 0 Å². The molecule has 0 bridgehead atoms. The Morgan fingerprint density at radius 2 is 2.00 bits per heavy atom. The fourth-order valence-corrected chi connectivity index (χ4v) is 3.98. The molecule has 119 valence electrons. The molecule has 0 heterocycles. The first kappa shape index (κ1) is 18.6. The predicted octanol–water partition coefficient (Wildman–Crippen LogP) is 2.67. The van der Waals surface area contributed by atoms with Gasteiger partial charge in [0, 0.05) is 0 Å². The van der Waals surface area contributed by atoms with Crippen LogP contribution in [0, 0.1) is 18.2 Å². The number of alkyl halides is 3. The summed E-state index contributed by atoms with van der Waals surface area (Å²) in [7, 11) is 0. The minimum absolute atomic E-state index is 0.0468. The van der Waals surface area contributed by atoms with Crippen LogP contribution in [0.25, 0.3) is 0 Å². The number of terminal acetylenes is 1. The van der Waals surface area contributed by atoms with Crippen LogP contribution in [0.5, 0.6) is 0 Å². The van der Waals surface area contributed by atoms with Crippen LogP contribution in [-0.2, 0) is 0 Å². The molecule has 0 aliphatic carbocycles. The van der Waals surface area contributed by atoms with Crippen molar-refractivity contribution in [1.82, 2.24) is 5.32 Å². The summed E-state index contributed by atoms with van der Waals surface area (Å²) in [5, 5.41) is 2.35. The second kappa shape index (κ2) is 7.19. The number of carbonyl (C=O) groups is 1. The van der Waals surface area contributed by atoms with Crippen LogP contribution in [0.4, 0.5) is 17.6 Å². The van der Waals surface area contributed by atoms with Crippen molar-refractivity contribution in [2.45, 2.75) is 37.2 Å². The average molecular weight is 376 g/mol. The fourth-order valence-electron chi connectivity index (χ4n) is 1.54. The van der Waals surface area contributed by atoms with Gasteiger partial charge in [-0.15, -0.1) is 0 Å². The summed E-state index contributed by atoms with van der Waals surface area (Å²) in [5.41, 5.74) is -0.881. The summed E-state index contributed by atoms with van der Waals surface area (Å²) in [6, 6.07) is 3.88. The molecule has 1 amide bonds. The van der Waals surface area contributed by atoms with Gasteiger partial charge in [0.2, 0.25) is 0 Å². The molecule has 1 N–H and O–H groups in total. The molecule has 0 spiro atoms. The van der Waals surface area contributed by atoms with Gasteiger partial charge in [0.15, 0.2) is 0 Å². The number of benzene rings is 1. The zero-order valence-corrected chi connectivity index (χ0v) is 14.0. The normalized spacial score (nSPS) is 12.4. The zero-order valence-electron chi connectivity index (χ0n) is 12.1. The Balaban J connectivity index is 2.94. The van der Waals surface area contributed by atoms with Gasteiger partial charge in [-0.3, -0.25) is 0 Å². The van der Waals surface area contributed by atoms with E-state index in [2.05, 4.69) is 11.2 Å². The number of carbonyl (C=O) groups excluding carboxylic acids is 1. The monoisotopic (exact) mass is 376 g/mol. The first-order chi connectivity index (χ1) is 10.1. The minimum atomic E-state index is -4.28.